The number of anilines is 1. The molecule has 158 valence electrons. The second kappa shape index (κ2) is 10.2. The van der Waals surface area contributed by atoms with Crippen LogP contribution in [-0.2, 0) is 22.4 Å². The number of fused-ring (bicyclic) bond motifs is 1. The minimum Gasteiger partial charge on any atom is -0.383 e. The normalized spacial score (nSPS) is 13.4. The summed E-state index contributed by atoms with van der Waals surface area (Å²) in [5.74, 6) is 0.911. The molecule has 2 aromatic rings. The van der Waals surface area contributed by atoms with Crippen molar-refractivity contribution in [2.75, 3.05) is 31.3 Å². The molecule has 8 nitrogen and oxygen atoms in total. The summed E-state index contributed by atoms with van der Waals surface area (Å²) in [6.07, 6.45) is 4.01. The highest BCUT2D eigenvalue weighted by molar-refractivity contribution is 7.99. The minimum atomic E-state index is -0.171. The molecular weight excluding hydrogens is 410 g/mol. The lowest BCUT2D eigenvalue weighted by Gasteiger charge is -2.13. The third kappa shape index (κ3) is 5.58. The van der Waals surface area contributed by atoms with E-state index in [0.29, 0.717) is 28.9 Å². The molecule has 3 rings (SSSR count). The number of nitrogens with zero attached hydrogens (tertiary/aromatic N) is 2. The van der Waals surface area contributed by atoms with Gasteiger partial charge in [0.25, 0.3) is 5.91 Å². The zero-order valence-corrected chi connectivity index (χ0v) is 18.6. The molecule has 0 saturated carbocycles. The first-order chi connectivity index (χ1) is 14.0. The van der Waals surface area contributed by atoms with Crippen molar-refractivity contribution < 1.29 is 14.3 Å². The number of hydrogen-bond acceptors (Lipinski definition) is 7. The van der Waals surface area contributed by atoms with Crippen LogP contribution < -0.4 is 10.6 Å². The van der Waals surface area contributed by atoms with Crippen molar-refractivity contribution in [2.45, 2.75) is 50.6 Å². The summed E-state index contributed by atoms with van der Waals surface area (Å²) >= 11 is 2.79. The first-order valence-electron chi connectivity index (χ1n) is 9.76. The number of carbonyl (C=O) groups is 2. The molecule has 0 saturated heterocycles. The smallest absolute Gasteiger partial charge is 0.254 e. The van der Waals surface area contributed by atoms with E-state index in [4.69, 9.17) is 4.74 Å². The monoisotopic (exact) mass is 437 g/mol. The highest BCUT2D eigenvalue weighted by Crippen LogP contribution is 2.38. The molecule has 0 aliphatic heterocycles. The Morgan fingerprint density at radius 2 is 2.10 bits per heavy atom. The molecule has 10 heteroatoms. The fourth-order valence-corrected chi connectivity index (χ4v) is 5.03. The van der Waals surface area contributed by atoms with E-state index < -0.39 is 0 Å². The highest BCUT2D eigenvalue weighted by atomic mass is 32.2. The van der Waals surface area contributed by atoms with E-state index in [0.717, 1.165) is 37.1 Å². The van der Waals surface area contributed by atoms with E-state index in [-0.39, 0.29) is 23.5 Å². The molecule has 0 radical (unpaired) electrons. The highest BCUT2D eigenvalue weighted by Gasteiger charge is 2.26. The maximum Gasteiger partial charge on any atom is 0.254 e. The van der Waals surface area contributed by atoms with E-state index in [2.05, 4.69) is 25.8 Å². The van der Waals surface area contributed by atoms with E-state index >= 15 is 0 Å². The number of rotatable bonds is 9. The van der Waals surface area contributed by atoms with Crippen LogP contribution in [0, 0.1) is 0 Å². The summed E-state index contributed by atoms with van der Waals surface area (Å²) in [4.78, 5) is 30.9. The molecule has 2 amide bonds. The van der Waals surface area contributed by atoms with Crippen LogP contribution in [0.5, 0.6) is 0 Å². The summed E-state index contributed by atoms with van der Waals surface area (Å²) < 4.78 is 5.01. The number of thioether (sulfide) groups is 1. The lowest BCUT2D eigenvalue weighted by atomic mass is 9.95. The van der Waals surface area contributed by atoms with Gasteiger partial charge >= 0.3 is 0 Å². The Kier molecular flexibility index (Phi) is 7.68. The van der Waals surface area contributed by atoms with Crippen molar-refractivity contribution in [3.8, 4) is 0 Å². The first-order valence-corrected chi connectivity index (χ1v) is 11.6. The average molecular weight is 438 g/mol. The number of aromatic nitrogens is 3. The first kappa shape index (κ1) is 21.8. The molecule has 3 N–H and O–H groups in total. The number of H-pyrrole nitrogens is 1. The molecule has 1 aliphatic rings. The summed E-state index contributed by atoms with van der Waals surface area (Å²) in [5, 5.41) is 14.0. The average Bonchev–Trinajstić information content (AvgIpc) is 3.31. The van der Waals surface area contributed by atoms with Crippen LogP contribution >= 0.6 is 23.1 Å². The molecule has 2 aromatic heterocycles. The molecule has 2 heterocycles. The lowest BCUT2D eigenvalue weighted by Crippen LogP contribution is -2.29. The summed E-state index contributed by atoms with van der Waals surface area (Å²) in [6, 6.07) is 0. The van der Waals surface area contributed by atoms with Gasteiger partial charge in [-0.15, -0.1) is 16.4 Å². The Morgan fingerprint density at radius 3 is 2.83 bits per heavy atom. The van der Waals surface area contributed by atoms with Crippen molar-refractivity contribution in [3.63, 3.8) is 0 Å². The quantitative estimate of drug-likeness (QED) is 0.411. The number of hydrogen-bond donors (Lipinski definition) is 3. The Hall–Kier alpha value is -1.91. The number of carbonyl (C=O) groups excluding carboxylic acids is 2. The standard InChI is InChI=1S/C19H27N5O3S2/c1-11(2)16-22-19(24-23-16)28-10-14(25)21-18-15(17(26)20-8-9-27-3)12-6-4-5-7-13(12)29-18/h11H,4-10H2,1-3H3,(H,20,26)(H,21,25)(H,22,23,24). The van der Waals surface area contributed by atoms with Gasteiger partial charge in [-0.25, -0.2) is 4.98 Å². The van der Waals surface area contributed by atoms with Gasteiger partial charge in [-0.3, -0.25) is 14.7 Å². The molecule has 29 heavy (non-hydrogen) atoms. The Labute approximate surface area is 178 Å². The summed E-state index contributed by atoms with van der Waals surface area (Å²) in [6.45, 7) is 4.94. The Bertz CT molecular complexity index is 862. The SMILES string of the molecule is COCCNC(=O)c1c(NC(=O)CSc2n[nH]c(C(C)C)n2)sc2c1CCCC2. The van der Waals surface area contributed by atoms with Gasteiger partial charge in [-0.2, -0.15) is 0 Å². The van der Waals surface area contributed by atoms with Crippen molar-refractivity contribution in [1.29, 1.82) is 0 Å². The molecule has 0 spiro atoms. The molecule has 0 atom stereocenters. The Balaban J connectivity index is 1.67. The van der Waals surface area contributed by atoms with E-state index in [9.17, 15) is 9.59 Å². The van der Waals surface area contributed by atoms with Crippen LogP contribution in [0.25, 0.3) is 0 Å². The molecule has 0 bridgehead atoms. The van der Waals surface area contributed by atoms with Crippen LogP contribution in [0.2, 0.25) is 0 Å². The fraction of sp³-hybridized carbons (Fsp3) is 0.579. The molecule has 0 fully saturated rings. The topological polar surface area (TPSA) is 109 Å². The van der Waals surface area contributed by atoms with Gasteiger partial charge in [-0.05, 0) is 31.2 Å². The van der Waals surface area contributed by atoms with Gasteiger partial charge in [0.05, 0.1) is 17.9 Å². The van der Waals surface area contributed by atoms with E-state index in [1.807, 2.05) is 13.8 Å². The van der Waals surface area contributed by atoms with Crippen LogP contribution in [0.3, 0.4) is 0 Å². The molecule has 0 unspecified atom stereocenters. The van der Waals surface area contributed by atoms with Crippen LogP contribution in [0.1, 0.15) is 59.2 Å². The van der Waals surface area contributed by atoms with Gasteiger partial charge in [-0.1, -0.05) is 25.6 Å². The summed E-state index contributed by atoms with van der Waals surface area (Å²) in [7, 11) is 1.60. The van der Waals surface area contributed by atoms with Crippen molar-refractivity contribution in [1.82, 2.24) is 20.5 Å². The van der Waals surface area contributed by atoms with Gasteiger partial charge < -0.3 is 15.4 Å². The maximum atomic E-state index is 12.8. The molecule has 0 aromatic carbocycles. The zero-order valence-electron chi connectivity index (χ0n) is 17.0. The Morgan fingerprint density at radius 1 is 1.31 bits per heavy atom. The van der Waals surface area contributed by atoms with Crippen molar-refractivity contribution in [2.24, 2.45) is 0 Å². The third-order valence-corrected chi connectivity index (χ3v) is 6.66. The number of nitrogens with one attached hydrogen (secondary N) is 3. The van der Waals surface area contributed by atoms with Gasteiger partial charge in [0, 0.05) is 24.4 Å². The lowest BCUT2D eigenvalue weighted by molar-refractivity contribution is -0.113. The van der Waals surface area contributed by atoms with Crippen molar-refractivity contribution >= 4 is 39.9 Å². The number of thiophene rings is 1. The number of aromatic amines is 1. The second-order valence-corrected chi connectivity index (χ2v) is 9.21. The van der Waals surface area contributed by atoms with Gasteiger partial charge in [0.1, 0.15) is 10.8 Å². The minimum absolute atomic E-state index is 0.153. The number of aryl methyl sites for hydroxylation is 1. The number of amides is 2. The van der Waals surface area contributed by atoms with Crippen LogP contribution in [0.15, 0.2) is 5.16 Å². The van der Waals surface area contributed by atoms with Crippen molar-refractivity contribution in [3.05, 3.63) is 21.8 Å². The predicted molar refractivity (Wildman–Crippen MR) is 115 cm³/mol. The number of ether oxygens (including phenoxy) is 1. The van der Waals surface area contributed by atoms with Crippen LogP contribution in [0.4, 0.5) is 5.00 Å². The third-order valence-electron chi connectivity index (χ3n) is 4.60. The van der Waals surface area contributed by atoms with Crippen LogP contribution in [-0.4, -0.2) is 53.0 Å². The predicted octanol–water partition coefficient (Wildman–Crippen LogP) is 2.98. The van der Waals surface area contributed by atoms with E-state index in [1.165, 1.54) is 28.0 Å². The van der Waals surface area contributed by atoms with Gasteiger partial charge in [0.2, 0.25) is 11.1 Å². The number of methoxy groups -OCH3 is 1. The van der Waals surface area contributed by atoms with Gasteiger partial charge in [0.15, 0.2) is 0 Å². The zero-order chi connectivity index (χ0) is 20.8. The summed E-state index contributed by atoms with van der Waals surface area (Å²) in [5.41, 5.74) is 1.69. The van der Waals surface area contributed by atoms with E-state index in [1.54, 1.807) is 7.11 Å². The fourth-order valence-electron chi connectivity index (χ4n) is 3.12. The second-order valence-electron chi connectivity index (χ2n) is 7.16. The molecular formula is C19H27N5O3S2. The largest absolute Gasteiger partial charge is 0.383 e. The maximum absolute atomic E-state index is 12.8. The molecule has 1 aliphatic carbocycles.